The van der Waals surface area contributed by atoms with Crippen LogP contribution in [0.25, 0.3) is 0 Å². The van der Waals surface area contributed by atoms with Gasteiger partial charge in [0.2, 0.25) is 12.6 Å². The SMILES string of the molecule is CCCCC(CCCC(=O)OC(C)Oc1ccccc1)C(=O)OC(C)Oc1ccccc1. The predicted molar refractivity (Wildman–Crippen MR) is 122 cm³/mol. The fraction of sp³-hybridized carbons (Fsp3) is 0.462. The summed E-state index contributed by atoms with van der Waals surface area (Å²) in [5.74, 6) is 0.366. The molecule has 2 rings (SSSR count). The molecule has 174 valence electrons. The molecule has 0 saturated carbocycles. The van der Waals surface area contributed by atoms with E-state index in [1.54, 1.807) is 26.0 Å². The highest BCUT2D eigenvalue weighted by atomic mass is 16.7. The fourth-order valence-electron chi connectivity index (χ4n) is 3.26. The molecule has 3 unspecified atom stereocenters. The van der Waals surface area contributed by atoms with Crippen LogP contribution >= 0.6 is 0 Å². The van der Waals surface area contributed by atoms with Gasteiger partial charge in [0.15, 0.2) is 0 Å². The van der Waals surface area contributed by atoms with Crippen molar-refractivity contribution in [2.75, 3.05) is 0 Å². The minimum Gasteiger partial charge on any atom is -0.455 e. The van der Waals surface area contributed by atoms with Crippen molar-refractivity contribution in [2.45, 2.75) is 71.9 Å². The van der Waals surface area contributed by atoms with E-state index < -0.39 is 12.6 Å². The van der Waals surface area contributed by atoms with E-state index in [0.29, 0.717) is 24.3 Å². The second kappa shape index (κ2) is 14.1. The van der Waals surface area contributed by atoms with Crippen LogP contribution in [0.3, 0.4) is 0 Å². The van der Waals surface area contributed by atoms with Gasteiger partial charge in [-0.25, -0.2) is 0 Å². The lowest BCUT2D eigenvalue weighted by Crippen LogP contribution is -2.26. The van der Waals surface area contributed by atoms with E-state index in [1.807, 2.05) is 48.5 Å². The van der Waals surface area contributed by atoms with Crippen LogP contribution in [-0.2, 0) is 19.1 Å². The number of para-hydroxylation sites is 2. The number of benzene rings is 2. The molecule has 0 aliphatic rings. The molecule has 0 aromatic heterocycles. The molecule has 0 radical (unpaired) electrons. The van der Waals surface area contributed by atoms with Gasteiger partial charge in [0, 0.05) is 20.3 Å². The second-order valence-electron chi connectivity index (χ2n) is 7.66. The predicted octanol–water partition coefficient (Wildman–Crippen LogP) is 5.90. The van der Waals surface area contributed by atoms with E-state index in [1.165, 1.54) is 0 Å². The van der Waals surface area contributed by atoms with E-state index in [2.05, 4.69) is 6.92 Å². The van der Waals surface area contributed by atoms with Crippen LogP contribution in [0.2, 0.25) is 0 Å². The van der Waals surface area contributed by atoms with Crippen LogP contribution in [0.5, 0.6) is 11.5 Å². The van der Waals surface area contributed by atoms with Crippen molar-refractivity contribution in [3.63, 3.8) is 0 Å². The lowest BCUT2D eigenvalue weighted by atomic mass is 9.96. The third kappa shape index (κ3) is 9.86. The van der Waals surface area contributed by atoms with Gasteiger partial charge in [-0.1, -0.05) is 56.2 Å². The van der Waals surface area contributed by atoms with E-state index in [4.69, 9.17) is 18.9 Å². The summed E-state index contributed by atoms with van der Waals surface area (Å²) in [5, 5.41) is 0. The van der Waals surface area contributed by atoms with Crippen molar-refractivity contribution in [3.8, 4) is 11.5 Å². The highest BCUT2D eigenvalue weighted by Crippen LogP contribution is 2.20. The maximum Gasteiger partial charge on any atom is 0.311 e. The monoisotopic (exact) mass is 442 g/mol. The van der Waals surface area contributed by atoms with Gasteiger partial charge in [-0.2, -0.15) is 0 Å². The van der Waals surface area contributed by atoms with Gasteiger partial charge in [-0.15, -0.1) is 0 Å². The quantitative estimate of drug-likeness (QED) is 0.268. The molecule has 0 heterocycles. The molecule has 3 atom stereocenters. The maximum atomic E-state index is 12.7. The number of rotatable bonds is 14. The van der Waals surface area contributed by atoms with Gasteiger partial charge in [0.25, 0.3) is 0 Å². The zero-order chi connectivity index (χ0) is 23.2. The first-order chi connectivity index (χ1) is 15.5. The molecule has 0 amide bonds. The third-order valence-electron chi connectivity index (χ3n) is 4.84. The Balaban J connectivity index is 1.75. The molecule has 0 aliphatic carbocycles. The number of carbonyl (C=O) groups is 2. The van der Waals surface area contributed by atoms with Crippen molar-refractivity contribution < 1.29 is 28.5 Å². The summed E-state index contributed by atoms with van der Waals surface area (Å²) in [5.41, 5.74) is 0. The topological polar surface area (TPSA) is 71.1 Å². The molecule has 0 bridgehead atoms. The van der Waals surface area contributed by atoms with Gasteiger partial charge < -0.3 is 18.9 Å². The van der Waals surface area contributed by atoms with E-state index in [9.17, 15) is 9.59 Å². The summed E-state index contributed by atoms with van der Waals surface area (Å²) in [4.78, 5) is 24.8. The number of hydrogen-bond donors (Lipinski definition) is 0. The average Bonchev–Trinajstić information content (AvgIpc) is 2.77. The summed E-state index contributed by atoms with van der Waals surface area (Å²) < 4.78 is 22.0. The Morgan fingerprint density at radius 2 is 1.25 bits per heavy atom. The number of carbonyl (C=O) groups excluding carboxylic acids is 2. The molecular weight excluding hydrogens is 408 g/mol. The maximum absolute atomic E-state index is 12.7. The Labute approximate surface area is 190 Å². The number of hydrogen-bond acceptors (Lipinski definition) is 6. The minimum absolute atomic E-state index is 0.217. The second-order valence-corrected chi connectivity index (χ2v) is 7.66. The minimum atomic E-state index is -0.685. The number of esters is 2. The van der Waals surface area contributed by atoms with Gasteiger partial charge in [-0.3, -0.25) is 9.59 Å². The first-order valence-electron chi connectivity index (χ1n) is 11.3. The molecule has 0 fully saturated rings. The van der Waals surface area contributed by atoms with Gasteiger partial charge in [0.1, 0.15) is 11.5 Å². The van der Waals surface area contributed by atoms with E-state index in [-0.39, 0.29) is 24.3 Å². The number of ether oxygens (including phenoxy) is 4. The standard InChI is InChI=1S/C26H34O6/c1-4-5-13-22(26(28)32-21(3)30-24-17-10-7-11-18-24)14-12-19-25(27)31-20(2)29-23-15-8-6-9-16-23/h6-11,15-18,20-22H,4-5,12-14,19H2,1-3H3. The van der Waals surface area contributed by atoms with Crippen molar-refractivity contribution >= 4 is 11.9 Å². The smallest absolute Gasteiger partial charge is 0.311 e. The molecule has 0 N–H and O–H groups in total. The lowest BCUT2D eigenvalue weighted by molar-refractivity contribution is -0.168. The summed E-state index contributed by atoms with van der Waals surface area (Å²) in [6.07, 6.45) is 2.56. The van der Waals surface area contributed by atoms with Crippen LogP contribution in [0.1, 0.15) is 59.3 Å². The molecule has 6 nitrogen and oxygen atoms in total. The Hall–Kier alpha value is -3.02. The molecule has 0 saturated heterocycles. The van der Waals surface area contributed by atoms with E-state index in [0.717, 1.165) is 19.3 Å². The first-order valence-corrected chi connectivity index (χ1v) is 11.3. The Bertz CT molecular complexity index is 792. The van der Waals surface area contributed by atoms with Crippen LogP contribution in [0.15, 0.2) is 60.7 Å². The molecule has 6 heteroatoms. The van der Waals surface area contributed by atoms with Gasteiger partial charge in [-0.05, 0) is 43.5 Å². The van der Waals surface area contributed by atoms with Gasteiger partial charge >= 0.3 is 11.9 Å². The largest absolute Gasteiger partial charge is 0.455 e. The molecule has 0 aliphatic heterocycles. The van der Waals surface area contributed by atoms with Crippen molar-refractivity contribution in [1.29, 1.82) is 0 Å². The number of unbranched alkanes of at least 4 members (excludes halogenated alkanes) is 1. The summed E-state index contributed by atoms with van der Waals surface area (Å²) in [6.45, 7) is 5.46. The van der Waals surface area contributed by atoms with Crippen LogP contribution in [-0.4, -0.2) is 24.5 Å². The summed E-state index contributed by atoms with van der Waals surface area (Å²) >= 11 is 0. The Kier molecular flexibility index (Phi) is 11.1. The Morgan fingerprint density at radius 1 is 0.750 bits per heavy atom. The average molecular weight is 443 g/mol. The molecule has 32 heavy (non-hydrogen) atoms. The first kappa shape index (κ1) is 25.2. The highest BCUT2D eigenvalue weighted by Gasteiger charge is 2.23. The third-order valence-corrected chi connectivity index (χ3v) is 4.84. The molecule has 0 spiro atoms. The summed E-state index contributed by atoms with van der Waals surface area (Å²) in [7, 11) is 0. The molecule has 2 aromatic rings. The summed E-state index contributed by atoms with van der Waals surface area (Å²) in [6, 6.07) is 18.4. The van der Waals surface area contributed by atoms with Crippen LogP contribution in [0.4, 0.5) is 0 Å². The normalized spacial score (nSPS) is 13.5. The molecular formula is C26H34O6. The van der Waals surface area contributed by atoms with Gasteiger partial charge in [0.05, 0.1) is 5.92 Å². The fourth-order valence-corrected chi connectivity index (χ4v) is 3.26. The van der Waals surface area contributed by atoms with Crippen molar-refractivity contribution in [1.82, 2.24) is 0 Å². The zero-order valence-corrected chi connectivity index (χ0v) is 19.2. The lowest BCUT2D eigenvalue weighted by Gasteiger charge is -2.20. The zero-order valence-electron chi connectivity index (χ0n) is 19.2. The van der Waals surface area contributed by atoms with E-state index >= 15 is 0 Å². The van der Waals surface area contributed by atoms with Crippen LogP contribution < -0.4 is 9.47 Å². The van der Waals surface area contributed by atoms with Crippen molar-refractivity contribution in [2.24, 2.45) is 5.92 Å². The van der Waals surface area contributed by atoms with Crippen molar-refractivity contribution in [3.05, 3.63) is 60.7 Å². The van der Waals surface area contributed by atoms with Crippen LogP contribution in [0, 0.1) is 5.92 Å². The Morgan fingerprint density at radius 3 is 1.78 bits per heavy atom. The highest BCUT2D eigenvalue weighted by molar-refractivity contribution is 5.73. The molecule has 2 aromatic carbocycles.